The van der Waals surface area contributed by atoms with E-state index in [-0.39, 0.29) is 17.6 Å². The zero-order chi connectivity index (χ0) is 20.1. The number of hydrogen-bond acceptors (Lipinski definition) is 4. The van der Waals surface area contributed by atoms with Crippen LogP contribution in [0.1, 0.15) is 32.0 Å². The zero-order valence-corrected chi connectivity index (χ0v) is 17.0. The van der Waals surface area contributed by atoms with Gasteiger partial charge in [-0.1, -0.05) is 22.0 Å². The number of hydrogen-bond donors (Lipinski definition) is 2. The fourth-order valence-corrected chi connectivity index (χ4v) is 3.06. The summed E-state index contributed by atoms with van der Waals surface area (Å²) in [5.41, 5.74) is 2.68. The lowest BCUT2D eigenvalue weighted by Crippen LogP contribution is -2.23. The van der Waals surface area contributed by atoms with Crippen LogP contribution in [-0.2, 0) is 6.54 Å². The Bertz CT molecular complexity index is 1000. The van der Waals surface area contributed by atoms with Crippen molar-refractivity contribution in [2.45, 2.75) is 13.5 Å². The summed E-state index contributed by atoms with van der Waals surface area (Å²) < 4.78 is 11.3. The maximum Gasteiger partial charge on any atom is 0.291 e. The Morgan fingerprint density at radius 1 is 1.11 bits per heavy atom. The van der Waals surface area contributed by atoms with Gasteiger partial charge in [-0.05, 0) is 55.0 Å². The SMILES string of the molecule is COc1ccc(Br)cc1CNC(=O)c1ccc(C)c(NC(=O)c2ccco2)c1. The fraction of sp³-hybridized carbons (Fsp3) is 0.143. The van der Waals surface area contributed by atoms with Crippen LogP contribution in [0.4, 0.5) is 5.69 Å². The molecule has 0 bridgehead atoms. The number of ether oxygens (including phenoxy) is 1. The van der Waals surface area contributed by atoms with Gasteiger partial charge >= 0.3 is 0 Å². The second-order valence-electron chi connectivity index (χ2n) is 6.10. The highest BCUT2D eigenvalue weighted by Crippen LogP contribution is 2.23. The molecule has 144 valence electrons. The molecule has 6 nitrogen and oxygen atoms in total. The molecule has 0 saturated heterocycles. The summed E-state index contributed by atoms with van der Waals surface area (Å²) in [5.74, 6) is 0.273. The Morgan fingerprint density at radius 3 is 2.64 bits per heavy atom. The molecule has 7 heteroatoms. The molecule has 1 heterocycles. The molecule has 3 aromatic rings. The number of halogens is 1. The van der Waals surface area contributed by atoms with Crippen LogP contribution in [0, 0.1) is 6.92 Å². The largest absolute Gasteiger partial charge is 0.496 e. The van der Waals surface area contributed by atoms with E-state index in [1.165, 1.54) is 6.26 Å². The van der Waals surface area contributed by atoms with Crippen molar-refractivity contribution in [2.75, 3.05) is 12.4 Å². The van der Waals surface area contributed by atoms with Crippen LogP contribution < -0.4 is 15.4 Å². The van der Waals surface area contributed by atoms with Gasteiger partial charge in [0.15, 0.2) is 5.76 Å². The monoisotopic (exact) mass is 442 g/mol. The molecule has 2 amide bonds. The van der Waals surface area contributed by atoms with Crippen molar-refractivity contribution >= 4 is 33.4 Å². The Labute approximate surface area is 171 Å². The van der Waals surface area contributed by atoms with E-state index in [2.05, 4.69) is 26.6 Å². The van der Waals surface area contributed by atoms with E-state index in [9.17, 15) is 9.59 Å². The minimum Gasteiger partial charge on any atom is -0.496 e. The quantitative estimate of drug-likeness (QED) is 0.586. The first-order chi connectivity index (χ1) is 13.5. The molecule has 0 atom stereocenters. The second kappa shape index (κ2) is 8.75. The molecule has 0 saturated carbocycles. The first-order valence-corrected chi connectivity index (χ1v) is 9.33. The molecule has 2 aromatic carbocycles. The number of carbonyl (C=O) groups excluding carboxylic acids is 2. The average molecular weight is 443 g/mol. The van der Waals surface area contributed by atoms with Gasteiger partial charge in [-0.3, -0.25) is 9.59 Å². The Morgan fingerprint density at radius 2 is 1.93 bits per heavy atom. The Balaban J connectivity index is 1.72. The lowest BCUT2D eigenvalue weighted by atomic mass is 10.1. The van der Waals surface area contributed by atoms with Gasteiger partial charge in [0.2, 0.25) is 0 Å². The molecule has 0 aliphatic carbocycles. The summed E-state index contributed by atoms with van der Waals surface area (Å²) in [5, 5.41) is 5.64. The van der Waals surface area contributed by atoms with E-state index in [0.29, 0.717) is 23.5 Å². The van der Waals surface area contributed by atoms with Crippen molar-refractivity contribution in [1.29, 1.82) is 0 Å². The number of rotatable bonds is 6. The van der Waals surface area contributed by atoms with E-state index in [0.717, 1.165) is 15.6 Å². The van der Waals surface area contributed by atoms with Crippen molar-refractivity contribution < 1.29 is 18.7 Å². The highest BCUT2D eigenvalue weighted by molar-refractivity contribution is 9.10. The van der Waals surface area contributed by atoms with Crippen molar-refractivity contribution in [3.63, 3.8) is 0 Å². The molecular weight excluding hydrogens is 424 g/mol. The van der Waals surface area contributed by atoms with E-state index >= 15 is 0 Å². The van der Waals surface area contributed by atoms with Crippen molar-refractivity contribution in [3.05, 3.63) is 81.7 Å². The Hall–Kier alpha value is -3.06. The summed E-state index contributed by atoms with van der Waals surface area (Å²) in [6, 6.07) is 14.0. The number of carbonyl (C=O) groups is 2. The molecule has 1 aromatic heterocycles. The topological polar surface area (TPSA) is 80.6 Å². The van der Waals surface area contributed by atoms with Crippen LogP contribution in [-0.4, -0.2) is 18.9 Å². The summed E-state index contributed by atoms with van der Waals surface area (Å²) in [4.78, 5) is 24.8. The van der Waals surface area contributed by atoms with Gasteiger partial charge in [0, 0.05) is 27.8 Å². The van der Waals surface area contributed by atoms with Gasteiger partial charge in [0.1, 0.15) is 5.75 Å². The molecule has 0 unspecified atom stereocenters. The summed E-state index contributed by atoms with van der Waals surface area (Å²) in [6.07, 6.45) is 1.43. The van der Waals surface area contributed by atoms with Crippen LogP contribution in [0.3, 0.4) is 0 Å². The van der Waals surface area contributed by atoms with Crippen LogP contribution >= 0.6 is 15.9 Å². The van der Waals surface area contributed by atoms with Crippen LogP contribution in [0.15, 0.2) is 63.7 Å². The molecule has 0 fully saturated rings. The van der Waals surface area contributed by atoms with E-state index in [1.54, 1.807) is 37.4 Å². The van der Waals surface area contributed by atoms with Gasteiger partial charge in [-0.2, -0.15) is 0 Å². The first-order valence-electron chi connectivity index (χ1n) is 8.54. The van der Waals surface area contributed by atoms with E-state index < -0.39 is 0 Å². The average Bonchev–Trinajstić information content (AvgIpc) is 3.23. The van der Waals surface area contributed by atoms with E-state index in [4.69, 9.17) is 9.15 Å². The molecule has 0 spiro atoms. The third-order valence-corrected chi connectivity index (χ3v) is 4.67. The number of furan rings is 1. The minimum atomic E-state index is -0.371. The summed E-state index contributed by atoms with van der Waals surface area (Å²) >= 11 is 3.42. The van der Waals surface area contributed by atoms with Crippen LogP contribution in [0.2, 0.25) is 0 Å². The summed E-state index contributed by atoms with van der Waals surface area (Å²) in [6.45, 7) is 2.16. The molecule has 0 radical (unpaired) electrons. The van der Waals surface area contributed by atoms with Gasteiger partial charge < -0.3 is 19.8 Å². The lowest BCUT2D eigenvalue weighted by molar-refractivity contribution is 0.0948. The fourth-order valence-electron chi connectivity index (χ4n) is 2.65. The van der Waals surface area contributed by atoms with Gasteiger partial charge in [-0.15, -0.1) is 0 Å². The predicted molar refractivity (Wildman–Crippen MR) is 110 cm³/mol. The third kappa shape index (κ3) is 4.61. The molecule has 28 heavy (non-hydrogen) atoms. The van der Waals surface area contributed by atoms with E-state index in [1.807, 2.05) is 25.1 Å². The normalized spacial score (nSPS) is 10.4. The maximum absolute atomic E-state index is 12.6. The maximum atomic E-state index is 12.6. The molecule has 0 aliphatic rings. The van der Waals surface area contributed by atoms with Gasteiger partial charge in [0.05, 0.1) is 13.4 Å². The van der Waals surface area contributed by atoms with Crippen molar-refractivity contribution in [2.24, 2.45) is 0 Å². The highest BCUT2D eigenvalue weighted by Gasteiger charge is 2.13. The number of benzene rings is 2. The standard InChI is InChI=1S/C21H19BrN2O4/c1-13-5-6-14(11-17(13)24-21(26)19-4-3-9-28-19)20(25)23-12-15-10-16(22)7-8-18(15)27-2/h3-11H,12H2,1-2H3,(H,23,25)(H,24,26). The van der Waals surface area contributed by atoms with Crippen LogP contribution in [0.5, 0.6) is 5.75 Å². The third-order valence-electron chi connectivity index (χ3n) is 4.17. The molecule has 2 N–H and O–H groups in total. The smallest absolute Gasteiger partial charge is 0.291 e. The molecular formula is C21H19BrN2O4. The minimum absolute atomic E-state index is 0.205. The van der Waals surface area contributed by atoms with Crippen LogP contribution in [0.25, 0.3) is 0 Å². The van der Waals surface area contributed by atoms with Gasteiger partial charge in [0.25, 0.3) is 11.8 Å². The first kappa shape index (κ1) is 19.7. The number of methoxy groups -OCH3 is 1. The van der Waals surface area contributed by atoms with Crippen molar-refractivity contribution in [1.82, 2.24) is 5.32 Å². The number of anilines is 1. The Kier molecular flexibility index (Phi) is 6.16. The number of nitrogens with one attached hydrogen (secondary N) is 2. The number of amides is 2. The molecule has 0 aliphatic heterocycles. The summed E-state index contributed by atoms with van der Waals surface area (Å²) in [7, 11) is 1.59. The molecule has 3 rings (SSSR count). The highest BCUT2D eigenvalue weighted by atomic mass is 79.9. The van der Waals surface area contributed by atoms with Gasteiger partial charge in [-0.25, -0.2) is 0 Å². The van der Waals surface area contributed by atoms with Crippen molar-refractivity contribution in [3.8, 4) is 5.75 Å². The predicted octanol–water partition coefficient (Wildman–Crippen LogP) is 4.54. The second-order valence-corrected chi connectivity index (χ2v) is 7.02. The number of aryl methyl sites for hydroxylation is 1. The lowest BCUT2D eigenvalue weighted by Gasteiger charge is -2.12. The zero-order valence-electron chi connectivity index (χ0n) is 15.4.